The van der Waals surface area contributed by atoms with Crippen LogP contribution in [-0.4, -0.2) is 9.97 Å². The molecule has 2 aromatic carbocycles. The molecule has 0 aliphatic carbocycles. The smallest absolute Gasteiger partial charge is 0.198 e. The number of nitrogens with zero attached hydrogens (tertiary/aromatic N) is 2. The van der Waals surface area contributed by atoms with E-state index in [2.05, 4.69) is 16.3 Å². The maximum Gasteiger partial charge on any atom is 0.198 e. The van der Waals surface area contributed by atoms with Crippen LogP contribution in [-0.2, 0) is 0 Å². The van der Waals surface area contributed by atoms with Gasteiger partial charge in [-0.05, 0) is 29.8 Å². The summed E-state index contributed by atoms with van der Waals surface area (Å²) in [7, 11) is 0. The van der Waals surface area contributed by atoms with Gasteiger partial charge in [0.15, 0.2) is 6.33 Å². The molecule has 0 N–H and O–H groups in total. The highest BCUT2D eigenvalue weighted by atomic mass is 35.5. The molecular weight excluding hydrogens is 294 g/mol. The molecule has 0 saturated carbocycles. The van der Waals surface area contributed by atoms with Gasteiger partial charge in [0.25, 0.3) is 0 Å². The molecule has 0 amide bonds. The first-order valence-electron chi connectivity index (χ1n) is 6.10. The van der Waals surface area contributed by atoms with Crippen LogP contribution in [0.2, 0.25) is 5.02 Å². The fourth-order valence-corrected chi connectivity index (χ4v) is 2.14. The standard InChI is InChI=1S/C16H8ClF2N2/c17-13-6-5-10(7-15(13)19)12-8-20-9-21-16(12)11-3-1-2-4-14(11)18/h1-8H. The monoisotopic (exact) mass is 301 g/mol. The lowest BCUT2D eigenvalue weighted by Crippen LogP contribution is -1.94. The van der Waals surface area contributed by atoms with E-state index in [4.69, 9.17) is 11.6 Å². The van der Waals surface area contributed by atoms with E-state index in [-0.39, 0.29) is 5.02 Å². The van der Waals surface area contributed by atoms with Gasteiger partial charge in [-0.15, -0.1) is 0 Å². The van der Waals surface area contributed by atoms with Gasteiger partial charge in [0.2, 0.25) is 0 Å². The molecule has 0 unspecified atom stereocenters. The Bertz CT molecular complexity index is 806. The maximum atomic E-state index is 13.9. The summed E-state index contributed by atoms with van der Waals surface area (Å²) in [5.74, 6) is -0.971. The van der Waals surface area contributed by atoms with Gasteiger partial charge in [0.05, 0.1) is 10.7 Å². The van der Waals surface area contributed by atoms with Crippen LogP contribution in [0.15, 0.2) is 48.7 Å². The van der Waals surface area contributed by atoms with Gasteiger partial charge in [-0.3, -0.25) is 0 Å². The molecule has 0 aliphatic heterocycles. The molecule has 5 heteroatoms. The van der Waals surface area contributed by atoms with Crippen molar-refractivity contribution in [2.45, 2.75) is 0 Å². The molecule has 1 radical (unpaired) electrons. The Hall–Kier alpha value is -2.33. The summed E-state index contributed by atoms with van der Waals surface area (Å²) in [6, 6.07) is 10.6. The highest BCUT2D eigenvalue weighted by Crippen LogP contribution is 2.32. The lowest BCUT2D eigenvalue weighted by atomic mass is 10.0. The maximum absolute atomic E-state index is 13.9. The molecule has 0 atom stereocenters. The van der Waals surface area contributed by atoms with Gasteiger partial charge in [-0.2, -0.15) is 0 Å². The van der Waals surface area contributed by atoms with E-state index in [1.165, 1.54) is 24.4 Å². The Morgan fingerprint density at radius 2 is 1.76 bits per heavy atom. The van der Waals surface area contributed by atoms with Crippen LogP contribution in [0.4, 0.5) is 8.78 Å². The minimum Gasteiger partial charge on any atom is -0.233 e. The second kappa shape index (κ2) is 5.58. The third-order valence-corrected chi connectivity index (χ3v) is 3.33. The largest absolute Gasteiger partial charge is 0.233 e. The van der Waals surface area contributed by atoms with E-state index >= 15 is 0 Å². The van der Waals surface area contributed by atoms with E-state index < -0.39 is 11.6 Å². The van der Waals surface area contributed by atoms with Crippen molar-refractivity contribution in [1.29, 1.82) is 0 Å². The van der Waals surface area contributed by atoms with Crippen LogP contribution in [0, 0.1) is 18.0 Å². The predicted molar refractivity (Wildman–Crippen MR) is 76.7 cm³/mol. The van der Waals surface area contributed by atoms with Gasteiger partial charge in [0.1, 0.15) is 11.6 Å². The number of aromatic nitrogens is 2. The molecule has 3 rings (SSSR count). The number of hydrogen-bond donors (Lipinski definition) is 0. The van der Waals surface area contributed by atoms with Crippen molar-refractivity contribution in [2.24, 2.45) is 0 Å². The van der Waals surface area contributed by atoms with Gasteiger partial charge in [0, 0.05) is 17.3 Å². The molecule has 3 aromatic rings. The van der Waals surface area contributed by atoms with Gasteiger partial charge in [-0.1, -0.05) is 29.8 Å². The zero-order valence-electron chi connectivity index (χ0n) is 10.6. The predicted octanol–water partition coefficient (Wildman–Crippen LogP) is 4.54. The molecule has 1 heterocycles. The van der Waals surface area contributed by atoms with Crippen molar-refractivity contribution < 1.29 is 8.78 Å². The van der Waals surface area contributed by atoms with Crippen LogP contribution >= 0.6 is 11.6 Å². The zero-order valence-corrected chi connectivity index (χ0v) is 11.4. The Kier molecular flexibility index (Phi) is 3.62. The van der Waals surface area contributed by atoms with Crippen LogP contribution in [0.5, 0.6) is 0 Å². The van der Waals surface area contributed by atoms with E-state index in [0.29, 0.717) is 22.4 Å². The van der Waals surface area contributed by atoms with Crippen molar-refractivity contribution in [3.8, 4) is 22.4 Å². The molecule has 2 nitrogen and oxygen atoms in total. The zero-order chi connectivity index (χ0) is 14.8. The lowest BCUT2D eigenvalue weighted by molar-refractivity contribution is 0.628. The molecule has 0 saturated heterocycles. The number of benzene rings is 2. The van der Waals surface area contributed by atoms with Crippen LogP contribution in [0.1, 0.15) is 0 Å². The normalized spacial score (nSPS) is 10.6. The topological polar surface area (TPSA) is 25.8 Å². The number of halogens is 3. The Morgan fingerprint density at radius 3 is 2.52 bits per heavy atom. The first kappa shape index (κ1) is 13.6. The van der Waals surface area contributed by atoms with Crippen LogP contribution < -0.4 is 0 Å². The van der Waals surface area contributed by atoms with Crippen molar-refractivity contribution in [2.75, 3.05) is 0 Å². The van der Waals surface area contributed by atoms with Crippen molar-refractivity contribution in [3.63, 3.8) is 0 Å². The summed E-state index contributed by atoms with van der Waals surface area (Å²) in [6.07, 6.45) is 3.91. The highest BCUT2D eigenvalue weighted by molar-refractivity contribution is 6.30. The molecular formula is C16H8ClF2N2. The molecule has 103 valence electrons. The minimum absolute atomic E-state index is 0.0228. The second-order valence-electron chi connectivity index (χ2n) is 4.34. The van der Waals surface area contributed by atoms with Crippen molar-refractivity contribution >= 4 is 11.6 Å². The fraction of sp³-hybridized carbons (Fsp3) is 0. The number of hydrogen-bond acceptors (Lipinski definition) is 2. The summed E-state index contributed by atoms with van der Waals surface area (Å²) < 4.78 is 27.6. The Morgan fingerprint density at radius 1 is 0.952 bits per heavy atom. The van der Waals surface area contributed by atoms with E-state index in [1.807, 2.05) is 0 Å². The first-order chi connectivity index (χ1) is 10.2. The third-order valence-electron chi connectivity index (χ3n) is 3.03. The van der Waals surface area contributed by atoms with E-state index in [1.54, 1.807) is 24.3 Å². The van der Waals surface area contributed by atoms with Gasteiger partial charge >= 0.3 is 0 Å². The molecule has 0 bridgehead atoms. The van der Waals surface area contributed by atoms with Crippen LogP contribution in [0.25, 0.3) is 22.4 Å². The molecule has 0 aliphatic rings. The van der Waals surface area contributed by atoms with E-state index in [9.17, 15) is 8.78 Å². The quantitative estimate of drug-likeness (QED) is 0.694. The number of rotatable bonds is 2. The summed E-state index contributed by atoms with van der Waals surface area (Å²) in [5, 5.41) is 0.0228. The average molecular weight is 302 g/mol. The SMILES string of the molecule is Fc1cc(-c2cn[c]nc2-c2ccccc2F)ccc1Cl. The first-order valence-corrected chi connectivity index (χ1v) is 6.48. The second-order valence-corrected chi connectivity index (χ2v) is 4.75. The van der Waals surface area contributed by atoms with E-state index in [0.717, 1.165) is 0 Å². The van der Waals surface area contributed by atoms with Crippen molar-refractivity contribution in [1.82, 2.24) is 9.97 Å². The summed E-state index contributed by atoms with van der Waals surface area (Å²) >= 11 is 5.68. The van der Waals surface area contributed by atoms with Gasteiger partial charge in [-0.25, -0.2) is 18.7 Å². The van der Waals surface area contributed by atoms with Crippen molar-refractivity contribution in [3.05, 3.63) is 71.6 Å². The average Bonchev–Trinajstić information content (AvgIpc) is 2.51. The molecule has 1 aromatic heterocycles. The fourth-order valence-electron chi connectivity index (χ4n) is 2.03. The Balaban J connectivity index is 2.21. The highest BCUT2D eigenvalue weighted by Gasteiger charge is 2.14. The van der Waals surface area contributed by atoms with Gasteiger partial charge < -0.3 is 0 Å². The summed E-state index contributed by atoms with van der Waals surface area (Å²) in [5.41, 5.74) is 1.69. The van der Waals surface area contributed by atoms with Crippen LogP contribution in [0.3, 0.4) is 0 Å². The molecule has 0 spiro atoms. The Labute approximate surface area is 125 Å². The summed E-state index contributed by atoms with van der Waals surface area (Å²) in [4.78, 5) is 7.82. The molecule has 21 heavy (non-hydrogen) atoms. The summed E-state index contributed by atoms with van der Waals surface area (Å²) in [6.45, 7) is 0. The minimum atomic E-state index is -0.554. The third kappa shape index (κ3) is 2.62. The lowest BCUT2D eigenvalue weighted by Gasteiger charge is -2.09. The molecule has 0 fully saturated rings.